The highest BCUT2D eigenvalue weighted by molar-refractivity contribution is 6.29. The van der Waals surface area contributed by atoms with Crippen LogP contribution in [0.2, 0.25) is 0 Å². The molecule has 4 heteroatoms. The van der Waals surface area contributed by atoms with E-state index in [1.54, 1.807) is 0 Å². The quantitative estimate of drug-likeness (QED) is 0.167. The van der Waals surface area contributed by atoms with Crippen LogP contribution in [0.15, 0.2) is 194 Å². The van der Waals surface area contributed by atoms with Crippen LogP contribution in [-0.2, 0) is 0 Å². The number of para-hydroxylation sites is 6. The second-order valence-corrected chi connectivity index (χ2v) is 16.3. The lowest BCUT2D eigenvalue weighted by Gasteiger charge is -2.27. The Hall–Kier alpha value is -7.82. The SMILES string of the molecule is Cc1ccccc1N(c1ccccc1)c1ccc2c(c1)c1cccc3c4cc5c(cc4n2c13)c1cccc2c3cc(N(c4ccccc4)c4ccccc4C)ccc3n5c21. The minimum atomic E-state index is 1.14. The molecular weight excluding hydrogens is 729 g/mol. The van der Waals surface area contributed by atoms with Crippen LogP contribution in [0.5, 0.6) is 0 Å². The van der Waals surface area contributed by atoms with Gasteiger partial charge in [0.1, 0.15) is 0 Å². The molecule has 0 bridgehead atoms. The summed E-state index contributed by atoms with van der Waals surface area (Å²) in [6.45, 7) is 4.39. The van der Waals surface area contributed by atoms with E-state index in [-0.39, 0.29) is 0 Å². The van der Waals surface area contributed by atoms with Crippen molar-refractivity contribution >= 4 is 110 Å². The zero-order valence-corrected chi connectivity index (χ0v) is 33.3. The first kappa shape index (κ1) is 33.2. The number of benzene rings is 9. The Labute approximate surface area is 346 Å². The number of hydrogen-bond donors (Lipinski definition) is 0. The maximum absolute atomic E-state index is 2.52. The van der Waals surface area contributed by atoms with Crippen LogP contribution in [0.25, 0.3) is 76.2 Å². The number of aryl methyl sites for hydroxylation is 2. The van der Waals surface area contributed by atoms with Gasteiger partial charge in [-0.3, -0.25) is 0 Å². The van der Waals surface area contributed by atoms with Crippen molar-refractivity contribution in [2.24, 2.45) is 0 Å². The van der Waals surface area contributed by atoms with Gasteiger partial charge in [0.15, 0.2) is 0 Å². The Kier molecular flexibility index (Phi) is 6.83. The van der Waals surface area contributed by atoms with Gasteiger partial charge in [-0.2, -0.15) is 0 Å². The third kappa shape index (κ3) is 4.50. The average Bonchev–Trinajstić information content (AvgIpc) is 4.01. The molecule has 60 heavy (non-hydrogen) atoms. The van der Waals surface area contributed by atoms with E-state index in [1.807, 2.05) is 0 Å². The molecule has 4 heterocycles. The van der Waals surface area contributed by atoms with Gasteiger partial charge in [0, 0.05) is 77.2 Å². The Morgan fingerprint density at radius 1 is 0.283 bits per heavy atom. The molecule has 0 radical (unpaired) electrons. The molecule has 0 aliphatic rings. The summed E-state index contributed by atoms with van der Waals surface area (Å²) < 4.78 is 5.03. The predicted molar refractivity (Wildman–Crippen MR) is 255 cm³/mol. The van der Waals surface area contributed by atoms with E-state index in [0.717, 1.165) is 22.7 Å². The summed E-state index contributed by atoms with van der Waals surface area (Å²) in [5, 5.41) is 10.2. The van der Waals surface area contributed by atoms with Gasteiger partial charge in [0.25, 0.3) is 0 Å². The van der Waals surface area contributed by atoms with Gasteiger partial charge in [-0.15, -0.1) is 0 Å². The molecule has 4 aromatic heterocycles. The van der Waals surface area contributed by atoms with Crippen molar-refractivity contribution in [2.75, 3.05) is 9.80 Å². The second-order valence-electron chi connectivity index (χ2n) is 16.3. The second kappa shape index (κ2) is 12.3. The molecular formula is C56H38N4. The molecule has 13 aromatic rings. The van der Waals surface area contributed by atoms with E-state index in [0.29, 0.717) is 0 Å². The summed E-state index contributed by atoms with van der Waals surface area (Å²) >= 11 is 0. The molecule has 282 valence electrons. The van der Waals surface area contributed by atoms with Crippen LogP contribution in [0.1, 0.15) is 11.1 Å². The molecule has 0 atom stereocenters. The molecule has 9 aromatic carbocycles. The summed E-state index contributed by atoms with van der Waals surface area (Å²) in [6.07, 6.45) is 0. The van der Waals surface area contributed by atoms with Gasteiger partial charge >= 0.3 is 0 Å². The van der Waals surface area contributed by atoms with Gasteiger partial charge in [-0.1, -0.05) is 109 Å². The normalized spacial score (nSPS) is 12.2. The lowest BCUT2D eigenvalue weighted by atomic mass is 10.0. The molecule has 0 N–H and O–H groups in total. The molecule has 4 nitrogen and oxygen atoms in total. The minimum Gasteiger partial charge on any atom is -0.310 e. The average molecular weight is 767 g/mol. The van der Waals surface area contributed by atoms with E-state index in [1.165, 1.54) is 98.7 Å². The van der Waals surface area contributed by atoms with Gasteiger partial charge < -0.3 is 18.6 Å². The Bertz CT molecular complexity index is 3550. The third-order valence-corrected chi connectivity index (χ3v) is 13.0. The highest BCUT2D eigenvalue weighted by Gasteiger charge is 2.24. The minimum absolute atomic E-state index is 1.14. The first-order valence-corrected chi connectivity index (χ1v) is 20.8. The summed E-state index contributed by atoms with van der Waals surface area (Å²) in [5.41, 5.74) is 16.9. The standard InChI is InChI=1S/C56H38N4/c1-35-15-9-11-25-49(35)57(37-17-5-3-6-18-37)39-27-29-51-45(31-39)41-21-13-23-43-47-34-54-48(33-53(47)59(51)55(41)43)44-24-14-22-42-46-32-40(28-30-52(46)60(54)56(42)44)58(38-19-7-4-8-20-38)50-26-12-10-16-36(50)2/h3-34H,1-2H3. The third-order valence-electron chi connectivity index (χ3n) is 13.0. The molecule has 0 saturated heterocycles. The Morgan fingerprint density at radius 2 is 0.650 bits per heavy atom. The van der Waals surface area contributed by atoms with Crippen molar-refractivity contribution in [3.63, 3.8) is 0 Å². The van der Waals surface area contributed by atoms with Crippen molar-refractivity contribution in [1.82, 2.24) is 8.80 Å². The van der Waals surface area contributed by atoms with Gasteiger partial charge in [0.05, 0.1) is 33.1 Å². The Morgan fingerprint density at radius 3 is 1.05 bits per heavy atom. The lowest BCUT2D eigenvalue weighted by Crippen LogP contribution is -2.11. The number of rotatable bonds is 6. The molecule has 0 aliphatic carbocycles. The maximum Gasteiger partial charge on any atom is 0.0620 e. The number of aromatic nitrogens is 2. The molecule has 0 spiro atoms. The largest absolute Gasteiger partial charge is 0.310 e. The molecule has 0 saturated carbocycles. The van der Waals surface area contributed by atoms with E-state index in [9.17, 15) is 0 Å². The van der Waals surface area contributed by atoms with Crippen molar-refractivity contribution in [3.05, 3.63) is 205 Å². The van der Waals surface area contributed by atoms with Crippen LogP contribution in [-0.4, -0.2) is 8.80 Å². The molecule has 0 fully saturated rings. The first-order chi connectivity index (χ1) is 29.6. The fourth-order valence-electron chi connectivity index (χ4n) is 10.3. The van der Waals surface area contributed by atoms with Crippen LogP contribution in [0.4, 0.5) is 34.1 Å². The van der Waals surface area contributed by atoms with E-state index >= 15 is 0 Å². The Balaban J connectivity index is 1.03. The zero-order valence-electron chi connectivity index (χ0n) is 33.3. The molecule has 0 aliphatic heterocycles. The fraction of sp³-hybridized carbons (Fsp3) is 0.0357. The van der Waals surface area contributed by atoms with E-state index < -0.39 is 0 Å². The van der Waals surface area contributed by atoms with Crippen LogP contribution < -0.4 is 9.80 Å². The number of fused-ring (bicyclic) bond motifs is 12. The summed E-state index contributed by atoms with van der Waals surface area (Å²) in [7, 11) is 0. The summed E-state index contributed by atoms with van der Waals surface area (Å²) in [6, 6.07) is 71.4. The van der Waals surface area contributed by atoms with Crippen LogP contribution in [0, 0.1) is 13.8 Å². The van der Waals surface area contributed by atoms with Gasteiger partial charge in [-0.25, -0.2) is 0 Å². The first-order valence-electron chi connectivity index (χ1n) is 20.8. The summed E-state index contributed by atoms with van der Waals surface area (Å²) in [4.78, 5) is 4.78. The number of nitrogens with zero attached hydrogens (tertiary/aromatic N) is 4. The number of hydrogen-bond acceptors (Lipinski definition) is 2. The van der Waals surface area contributed by atoms with Gasteiger partial charge in [-0.05, 0) is 110 Å². The smallest absolute Gasteiger partial charge is 0.0620 e. The summed E-state index contributed by atoms with van der Waals surface area (Å²) in [5.74, 6) is 0. The van der Waals surface area contributed by atoms with Crippen LogP contribution >= 0.6 is 0 Å². The highest BCUT2D eigenvalue weighted by Crippen LogP contribution is 2.47. The topological polar surface area (TPSA) is 15.3 Å². The fourth-order valence-corrected chi connectivity index (χ4v) is 10.3. The van der Waals surface area contributed by atoms with Crippen molar-refractivity contribution in [1.29, 1.82) is 0 Å². The molecule has 13 rings (SSSR count). The zero-order chi connectivity index (χ0) is 39.6. The van der Waals surface area contributed by atoms with Gasteiger partial charge in [0.2, 0.25) is 0 Å². The maximum atomic E-state index is 2.52. The monoisotopic (exact) mass is 766 g/mol. The lowest BCUT2D eigenvalue weighted by molar-refractivity contribution is 1.25. The highest BCUT2D eigenvalue weighted by atomic mass is 15.2. The van der Waals surface area contributed by atoms with E-state index in [4.69, 9.17) is 0 Å². The van der Waals surface area contributed by atoms with Crippen molar-refractivity contribution in [2.45, 2.75) is 13.8 Å². The van der Waals surface area contributed by atoms with Crippen LogP contribution in [0.3, 0.4) is 0 Å². The molecule has 0 amide bonds. The predicted octanol–water partition coefficient (Wildman–Crippen LogP) is 15.5. The number of anilines is 6. The van der Waals surface area contributed by atoms with E-state index in [2.05, 4.69) is 227 Å². The van der Waals surface area contributed by atoms with Crippen molar-refractivity contribution < 1.29 is 0 Å². The van der Waals surface area contributed by atoms with Crippen molar-refractivity contribution in [3.8, 4) is 0 Å². The molecule has 0 unspecified atom stereocenters.